The summed E-state index contributed by atoms with van der Waals surface area (Å²) in [6.45, 7) is 1.39. The Morgan fingerprint density at radius 2 is 1.80 bits per heavy atom. The number of methoxy groups -OCH3 is 1. The van der Waals surface area contributed by atoms with Crippen molar-refractivity contribution in [2.24, 2.45) is 9.98 Å². The number of aliphatic imine (C=N–C) groups is 2. The van der Waals surface area contributed by atoms with Crippen LogP contribution in [-0.4, -0.2) is 41.7 Å². The van der Waals surface area contributed by atoms with Crippen LogP contribution in [0.2, 0.25) is 0 Å². The van der Waals surface area contributed by atoms with Crippen LogP contribution >= 0.6 is 11.8 Å². The van der Waals surface area contributed by atoms with E-state index in [1.165, 1.54) is 15.8 Å². The number of aromatic nitrogens is 2. The molecule has 10 nitrogen and oxygen atoms in total. The summed E-state index contributed by atoms with van der Waals surface area (Å²) in [4.78, 5) is 23.5. The van der Waals surface area contributed by atoms with Gasteiger partial charge in [0, 0.05) is 12.9 Å². The summed E-state index contributed by atoms with van der Waals surface area (Å²) >= 11 is 1.12. The number of ether oxygens (including phenoxy) is 2. The second kappa shape index (κ2) is 13.6. The van der Waals surface area contributed by atoms with Crippen LogP contribution in [0.1, 0.15) is 11.1 Å². The third kappa shape index (κ3) is 7.47. The second-order valence-corrected chi connectivity index (χ2v) is 9.78. The predicted molar refractivity (Wildman–Crippen MR) is 155 cm³/mol. The highest BCUT2D eigenvalue weighted by Gasteiger charge is 2.31. The highest BCUT2D eigenvalue weighted by atomic mass is 32.2. The number of carbonyl (C=O) groups is 1. The Bertz CT molecular complexity index is 1550. The highest BCUT2D eigenvalue weighted by Crippen LogP contribution is 2.29. The smallest absolute Gasteiger partial charge is 0.320 e. The Morgan fingerprint density at radius 1 is 1.07 bits per heavy atom. The van der Waals surface area contributed by atoms with Gasteiger partial charge in [0.25, 0.3) is 12.1 Å². The topological polar surface area (TPSA) is 116 Å². The van der Waals surface area contributed by atoms with Crippen molar-refractivity contribution >= 4 is 46.4 Å². The van der Waals surface area contributed by atoms with Crippen LogP contribution in [0.15, 0.2) is 111 Å². The molecule has 2 heterocycles. The number of carbonyl (C=O) groups excluding carboxylic acids is 1. The van der Waals surface area contributed by atoms with Gasteiger partial charge < -0.3 is 14.6 Å². The van der Waals surface area contributed by atoms with Crippen molar-refractivity contribution < 1.29 is 28.6 Å². The number of amides is 1. The van der Waals surface area contributed by atoms with E-state index in [0.717, 1.165) is 28.6 Å². The predicted octanol–water partition coefficient (Wildman–Crippen LogP) is 3.75. The van der Waals surface area contributed by atoms with Gasteiger partial charge in [-0.15, -0.1) is 0 Å². The number of benzene rings is 3. The molecule has 1 aliphatic rings. The number of hydrogen-bond donors (Lipinski definition) is 0. The minimum Gasteiger partial charge on any atom is -0.861 e. The van der Waals surface area contributed by atoms with Gasteiger partial charge in [-0.1, -0.05) is 72.4 Å². The molecule has 0 saturated carbocycles. The van der Waals surface area contributed by atoms with Crippen molar-refractivity contribution in [3.63, 3.8) is 0 Å². The van der Waals surface area contributed by atoms with Crippen molar-refractivity contribution in [3.05, 3.63) is 108 Å². The first-order valence-electron chi connectivity index (χ1n) is 12.8. The minimum atomic E-state index is -0.447. The lowest BCUT2D eigenvalue weighted by Gasteiger charge is -2.18. The fourth-order valence-electron chi connectivity index (χ4n) is 3.85. The zero-order valence-corrected chi connectivity index (χ0v) is 23.1. The summed E-state index contributed by atoms with van der Waals surface area (Å²) in [6.07, 6.45) is 3.24. The first-order valence-corrected chi connectivity index (χ1v) is 13.8. The summed E-state index contributed by atoms with van der Waals surface area (Å²) in [5.74, 6) is 0.0266. The van der Waals surface area contributed by atoms with Crippen molar-refractivity contribution in [1.82, 2.24) is 5.27 Å². The molecular formula is C30H27N5O5S. The number of hydrogen-bond acceptors (Lipinski definition) is 9. The van der Waals surface area contributed by atoms with Crippen LogP contribution in [0.4, 0.5) is 11.6 Å². The van der Waals surface area contributed by atoms with Crippen LogP contribution < -0.4 is 19.4 Å². The SMILES string of the molecule is COCC[n+]1cc(/N=C(\[O-])CSC2=N/C(=C/c3ccc(OCc4ccccc4)cc3)C(=O)N2c2ccccc2)on1. The molecule has 0 spiro atoms. The standard InChI is InChI=1S/C30H27N5O5S/c1-38-17-16-34-19-28(40-33-34)32-27(36)21-41-30-31-26(29(37)35(30)24-10-6-3-7-11-24)18-22-12-14-25(15-13-22)39-20-23-8-4-2-5-9-23/h2-15,18-19H,16-17,20-21H2,1H3/b26-18+. The van der Waals surface area contributed by atoms with E-state index in [0.29, 0.717) is 30.6 Å². The van der Waals surface area contributed by atoms with Crippen LogP contribution in [0, 0.1) is 0 Å². The Labute approximate surface area is 241 Å². The minimum absolute atomic E-state index is 0.0467. The number of anilines is 1. The van der Waals surface area contributed by atoms with E-state index in [1.54, 1.807) is 13.2 Å². The van der Waals surface area contributed by atoms with Gasteiger partial charge in [-0.2, -0.15) is 0 Å². The Kier molecular flexibility index (Phi) is 9.19. The molecule has 208 valence electrons. The lowest BCUT2D eigenvalue weighted by molar-refractivity contribution is -0.763. The van der Waals surface area contributed by atoms with Gasteiger partial charge >= 0.3 is 5.88 Å². The first kappa shape index (κ1) is 27.8. The molecule has 3 aromatic carbocycles. The quantitative estimate of drug-likeness (QED) is 0.117. The number of rotatable bonds is 11. The number of thioether (sulfide) groups is 1. The Hall–Kier alpha value is -4.74. The zero-order valence-electron chi connectivity index (χ0n) is 22.3. The zero-order chi connectivity index (χ0) is 28.4. The fraction of sp³-hybridized carbons (Fsp3) is 0.167. The van der Waals surface area contributed by atoms with E-state index in [-0.39, 0.29) is 23.2 Å². The molecule has 0 fully saturated rings. The van der Waals surface area contributed by atoms with Crippen LogP contribution in [-0.2, 0) is 22.7 Å². The van der Waals surface area contributed by atoms with E-state index in [9.17, 15) is 9.90 Å². The first-order chi connectivity index (χ1) is 20.1. The number of amidine groups is 1. The molecule has 0 unspecified atom stereocenters. The van der Waals surface area contributed by atoms with E-state index >= 15 is 0 Å². The largest absolute Gasteiger partial charge is 0.861 e. The summed E-state index contributed by atoms with van der Waals surface area (Å²) in [7, 11) is 1.58. The third-order valence-corrected chi connectivity index (χ3v) is 6.78. The molecule has 0 atom stereocenters. The average molecular weight is 570 g/mol. The van der Waals surface area contributed by atoms with Crippen molar-refractivity contribution in [3.8, 4) is 5.75 Å². The lowest BCUT2D eigenvalue weighted by atomic mass is 10.2. The van der Waals surface area contributed by atoms with Gasteiger partial charge in [-0.05, 0) is 52.0 Å². The van der Waals surface area contributed by atoms with E-state index < -0.39 is 5.90 Å². The number of nitrogens with zero attached hydrogens (tertiary/aromatic N) is 5. The van der Waals surface area contributed by atoms with Crippen molar-refractivity contribution in [2.45, 2.75) is 13.2 Å². The number of para-hydroxylation sites is 1. The summed E-state index contributed by atoms with van der Waals surface area (Å²) < 4.78 is 17.5. The maximum Gasteiger partial charge on any atom is 0.320 e. The molecule has 5 rings (SSSR count). The Balaban J connectivity index is 1.29. The van der Waals surface area contributed by atoms with Crippen LogP contribution in [0.5, 0.6) is 5.75 Å². The second-order valence-electron chi connectivity index (χ2n) is 8.83. The molecule has 1 aromatic heterocycles. The van der Waals surface area contributed by atoms with E-state index in [2.05, 4.69) is 15.3 Å². The van der Waals surface area contributed by atoms with Crippen LogP contribution in [0.3, 0.4) is 0 Å². The molecule has 0 saturated heterocycles. The maximum absolute atomic E-state index is 13.4. The molecule has 0 N–H and O–H groups in total. The third-order valence-electron chi connectivity index (χ3n) is 5.86. The van der Waals surface area contributed by atoms with Gasteiger partial charge in [0.15, 0.2) is 5.17 Å². The van der Waals surface area contributed by atoms with Gasteiger partial charge in [-0.25, -0.2) is 9.98 Å². The summed E-state index contributed by atoms with van der Waals surface area (Å²) in [6, 6.07) is 26.5. The van der Waals surface area contributed by atoms with Gasteiger partial charge in [0.2, 0.25) is 11.8 Å². The van der Waals surface area contributed by atoms with Gasteiger partial charge in [0.05, 0.1) is 5.69 Å². The molecular weight excluding hydrogens is 542 g/mol. The van der Waals surface area contributed by atoms with Gasteiger partial charge in [-0.3, -0.25) is 14.2 Å². The molecule has 0 bridgehead atoms. The molecule has 4 aromatic rings. The van der Waals surface area contributed by atoms with Crippen LogP contribution in [0.25, 0.3) is 6.08 Å². The highest BCUT2D eigenvalue weighted by molar-refractivity contribution is 8.14. The summed E-state index contributed by atoms with van der Waals surface area (Å²) in [5, 5.41) is 16.8. The maximum atomic E-state index is 13.4. The van der Waals surface area contributed by atoms with Gasteiger partial charge in [0.1, 0.15) is 24.7 Å². The van der Waals surface area contributed by atoms with Crippen molar-refractivity contribution in [1.29, 1.82) is 0 Å². The monoisotopic (exact) mass is 569 g/mol. The molecule has 0 radical (unpaired) electrons. The summed E-state index contributed by atoms with van der Waals surface area (Å²) in [5.41, 5.74) is 2.78. The molecule has 1 aliphatic heterocycles. The van der Waals surface area contributed by atoms with E-state index in [1.807, 2.05) is 84.9 Å². The molecule has 41 heavy (non-hydrogen) atoms. The van der Waals surface area contributed by atoms with Crippen molar-refractivity contribution in [2.75, 3.05) is 24.4 Å². The van der Waals surface area contributed by atoms with E-state index in [4.69, 9.17) is 14.0 Å². The fourth-order valence-corrected chi connectivity index (χ4v) is 4.64. The lowest BCUT2D eigenvalue weighted by Crippen LogP contribution is -2.36. The molecule has 1 amide bonds. The Morgan fingerprint density at radius 3 is 2.54 bits per heavy atom. The average Bonchev–Trinajstić information content (AvgIpc) is 3.58. The normalized spacial score (nSPS) is 14.5. The molecule has 0 aliphatic carbocycles. The molecule has 11 heteroatoms.